The van der Waals surface area contributed by atoms with Crippen LogP contribution >= 0.6 is 0 Å². The summed E-state index contributed by atoms with van der Waals surface area (Å²) in [7, 11) is 0. The molecule has 0 fully saturated rings. The van der Waals surface area contributed by atoms with Crippen molar-refractivity contribution in [2.75, 3.05) is 0 Å². The van der Waals surface area contributed by atoms with Gasteiger partial charge in [-0.25, -0.2) is 0 Å². The van der Waals surface area contributed by atoms with E-state index in [0.29, 0.717) is 11.1 Å². The summed E-state index contributed by atoms with van der Waals surface area (Å²) in [5.74, 6) is 0.0476. The lowest BCUT2D eigenvalue weighted by atomic mass is 9.97. The van der Waals surface area contributed by atoms with Gasteiger partial charge in [0.1, 0.15) is 0 Å². The van der Waals surface area contributed by atoms with Gasteiger partial charge in [0.15, 0.2) is 5.78 Å². The summed E-state index contributed by atoms with van der Waals surface area (Å²) in [6.07, 6.45) is 5.75. The molecule has 0 aliphatic carbocycles. The molecule has 0 unspecified atom stereocenters. The Hall–Kier alpha value is -2.41. The van der Waals surface area contributed by atoms with Crippen LogP contribution in [0, 0.1) is 6.92 Å². The molecule has 0 radical (unpaired) electrons. The van der Waals surface area contributed by atoms with Crippen molar-refractivity contribution in [2.45, 2.75) is 13.8 Å². The SMILES string of the molecule is C=Cc1ccc(C(=O)c2ccc(C)cc2)cc1/C=C\C. The normalized spacial score (nSPS) is 10.7. The average molecular weight is 262 g/mol. The Kier molecular flexibility index (Phi) is 4.31. The van der Waals surface area contributed by atoms with E-state index < -0.39 is 0 Å². The minimum atomic E-state index is 0.0476. The summed E-state index contributed by atoms with van der Waals surface area (Å²) in [6, 6.07) is 13.4. The fraction of sp³-hybridized carbons (Fsp3) is 0.105. The van der Waals surface area contributed by atoms with Crippen LogP contribution in [-0.2, 0) is 0 Å². The van der Waals surface area contributed by atoms with Crippen LogP contribution in [0.3, 0.4) is 0 Å². The molecule has 0 spiro atoms. The molecule has 2 aromatic rings. The Bertz CT molecular complexity index is 661. The van der Waals surface area contributed by atoms with E-state index >= 15 is 0 Å². The molecule has 1 nitrogen and oxygen atoms in total. The Balaban J connectivity index is 2.42. The Morgan fingerprint density at radius 2 is 1.65 bits per heavy atom. The number of allylic oxidation sites excluding steroid dienone is 1. The molecule has 20 heavy (non-hydrogen) atoms. The third kappa shape index (κ3) is 2.94. The van der Waals surface area contributed by atoms with Crippen LogP contribution in [0.1, 0.15) is 39.5 Å². The van der Waals surface area contributed by atoms with E-state index in [-0.39, 0.29) is 5.78 Å². The molecule has 0 amide bonds. The van der Waals surface area contributed by atoms with Crippen LogP contribution in [0.25, 0.3) is 12.2 Å². The standard InChI is InChI=1S/C19H18O/c1-4-6-17-13-18(12-11-15(17)5-2)19(20)16-9-7-14(3)8-10-16/h4-13H,2H2,1,3H3/b6-4-. The van der Waals surface area contributed by atoms with Crippen molar-refractivity contribution in [1.29, 1.82) is 0 Å². The van der Waals surface area contributed by atoms with Crippen LogP contribution in [0.4, 0.5) is 0 Å². The predicted molar refractivity (Wildman–Crippen MR) is 85.9 cm³/mol. The second kappa shape index (κ2) is 6.16. The number of hydrogen-bond acceptors (Lipinski definition) is 1. The van der Waals surface area contributed by atoms with Gasteiger partial charge < -0.3 is 0 Å². The zero-order valence-electron chi connectivity index (χ0n) is 11.9. The highest BCUT2D eigenvalue weighted by Crippen LogP contribution is 2.18. The highest BCUT2D eigenvalue weighted by molar-refractivity contribution is 6.09. The summed E-state index contributed by atoms with van der Waals surface area (Å²) >= 11 is 0. The van der Waals surface area contributed by atoms with E-state index in [2.05, 4.69) is 6.58 Å². The van der Waals surface area contributed by atoms with E-state index in [0.717, 1.165) is 16.7 Å². The maximum Gasteiger partial charge on any atom is 0.193 e. The van der Waals surface area contributed by atoms with Crippen molar-refractivity contribution in [3.63, 3.8) is 0 Å². The summed E-state index contributed by atoms with van der Waals surface area (Å²) < 4.78 is 0. The number of benzene rings is 2. The van der Waals surface area contributed by atoms with Crippen molar-refractivity contribution in [3.05, 3.63) is 82.9 Å². The third-order valence-corrected chi connectivity index (χ3v) is 3.23. The topological polar surface area (TPSA) is 17.1 Å². The highest BCUT2D eigenvalue weighted by Gasteiger charge is 2.10. The van der Waals surface area contributed by atoms with Crippen LogP contribution in [0.15, 0.2) is 55.1 Å². The van der Waals surface area contributed by atoms with Gasteiger partial charge in [-0.2, -0.15) is 0 Å². The van der Waals surface area contributed by atoms with Gasteiger partial charge in [-0.05, 0) is 31.0 Å². The number of rotatable bonds is 4. The van der Waals surface area contributed by atoms with Crippen molar-refractivity contribution in [2.24, 2.45) is 0 Å². The second-order valence-corrected chi connectivity index (χ2v) is 4.74. The quantitative estimate of drug-likeness (QED) is 0.716. The van der Waals surface area contributed by atoms with Crippen molar-refractivity contribution in [3.8, 4) is 0 Å². The minimum absolute atomic E-state index is 0.0476. The number of aryl methyl sites for hydroxylation is 1. The number of carbonyl (C=O) groups excluding carboxylic acids is 1. The monoisotopic (exact) mass is 262 g/mol. The zero-order chi connectivity index (χ0) is 14.5. The predicted octanol–water partition coefficient (Wildman–Crippen LogP) is 4.90. The summed E-state index contributed by atoms with van der Waals surface area (Å²) in [5, 5.41) is 0. The molecule has 0 atom stereocenters. The molecule has 100 valence electrons. The molecule has 0 saturated carbocycles. The molecule has 1 heteroatoms. The molecular weight excluding hydrogens is 244 g/mol. The van der Waals surface area contributed by atoms with E-state index in [1.807, 2.05) is 68.5 Å². The number of ketones is 1. The maximum atomic E-state index is 12.5. The maximum absolute atomic E-state index is 12.5. The van der Waals surface area contributed by atoms with Gasteiger partial charge in [-0.15, -0.1) is 0 Å². The fourth-order valence-corrected chi connectivity index (χ4v) is 2.10. The molecule has 2 rings (SSSR count). The first-order valence-corrected chi connectivity index (χ1v) is 6.66. The highest BCUT2D eigenvalue weighted by atomic mass is 16.1. The molecule has 0 saturated heterocycles. The molecular formula is C19H18O. The van der Waals surface area contributed by atoms with Crippen molar-refractivity contribution in [1.82, 2.24) is 0 Å². The van der Waals surface area contributed by atoms with E-state index in [9.17, 15) is 4.79 Å². The van der Waals surface area contributed by atoms with Crippen molar-refractivity contribution >= 4 is 17.9 Å². The van der Waals surface area contributed by atoms with Gasteiger partial charge >= 0.3 is 0 Å². The van der Waals surface area contributed by atoms with Gasteiger partial charge in [0, 0.05) is 11.1 Å². The van der Waals surface area contributed by atoms with Gasteiger partial charge in [-0.3, -0.25) is 4.79 Å². The lowest BCUT2D eigenvalue weighted by Gasteiger charge is -2.06. The molecule has 2 aromatic carbocycles. The minimum Gasteiger partial charge on any atom is -0.289 e. The molecule has 0 aliphatic heterocycles. The molecule has 0 aromatic heterocycles. The van der Waals surface area contributed by atoms with E-state index in [4.69, 9.17) is 0 Å². The fourth-order valence-electron chi connectivity index (χ4n) is 2.10. The van der Waals surface area contributed by atoms with Crippen LogP contribution in [-0.4, -0.2) is 5.78 Å². The second-order valence-electron chi connectivity index (χ2n) is 4.74. The van der Waals surface area contributed by atoms with Gasteiger partial charge in [0.2, 0.25) is 0 Å². The van der Waals surface area contributed by atoms with Gasteiger partial charge in [0.25, 0.3) is 0 Å². The van der Waals surface area contributed by atoms with Crippen molar-refractivity contribution < 1.29 is 4.79 Å². The molecule has 0 N–H and O–H groups in total. The van der Waals surface area contributed by atoms with E-state index in [1.165, 1.54) is 0 Å². The average Bonchev–Trinajstić information content (AvgIpc) is 2.47. The molecule has 0 heterocycles. The van der Waals surface area contributed by atoms with Crippen LogP contribution in [0.5, 0.6) is 0 Å². The summed E-state index contributed by atoms with van der Waals surface area (Å²) in [4.78, 5) is 12.5. The largest absolute Gasteiger partial charge is 0.289 e. The first kappa shape index (κ1) is 14.0. The summed E-state index contributed by atoms with van der Waals surface area (Å²) in [5.41, 5.74) is 4.61. The Morgan fingerprint density at radius 1 is 1.00 bits per heavy atom. The number of carbonyl (C=O) groups is 1. The van der Waals surface area contributed by atoms with Crippen LogP contribution in [0.2, 0.25) is 0 Å². The van der Waals surface area contributed by atoms with E-state index in [1.54, 1.807) is 6.08 Å². The summed E-state index contributed by atoms with van der Waals surface area (Å²) in [6.45, 7) is 7.77. The Morgan fingerprint density at radius 3 is 2.25 bits per heavy atom. The Labute approximate surface area is 120 Å². The first-order valence-electron chi connectivity index (χ1n) is 6.66. The lowest BCUT2D eigenvalue weighted by Crippen LogP contribution is -2.02. The third-order valence-electron chi connectivity index (χ3n) is 3.23. The van der Waals surface area contributed by atoms with Gasteiger partial charge in [0.05, 0.1) is 0 Å². The van der Waals surface area contributed by atoms with Gasteiger partial charge in [-0.1, -0.05) is 66.8 Å². The first-order chi connectivity index (χ1) is 9.65. The van der Waals surface area contributed by atoms with Crippen LogP contribution < -0.4 is 0 Å². The lowest BCUT2D eigenvalue weighted by molar-refractivity contribution is 0.103. The smallest absolute Gasteiger partial charge is 0.193 e. The molecule has 0 bridgehead atoms. The number of hydrogen-bond donors (Lipinski definition) is 0. The molecule has 0 aliphatic rings. The zero-order valence-corrected chi connectivity index (χ0v) is 11.9.